The van der Waals surface area contributed by atoms with Crippen molar-refractivity contribution >= 4 is 0 Å². The molecule has 0 N–H and O–H groups in total. The third-order valence-electron chi connectivity index (χ3n) is 1.48. The van der Waals surface area contributed by atoms with Gasteiger partial charge in [0.1, 0.15) is 0 Å². The minimum absolute atomic E-state index is 0.0799. The van der Waals surface area contributed by atoms with Gasteiger partial charge in [-0.25, -0.2) is 0 Å². The number of rotatable bonds is 2. The van der Waals surface area contributed by atoms with E-state index in [1.807, 2.05) is 0 Å². The molecule has 0 aliphatic rings. The molecule has 0 aromatic carbocycles. The second-order valence-electron chi connectivity index (χ2n) is 2.99. The topological polar surface area (TPSA) is 0 Å². The van der Waals surface area contributed by atoms with Gasteiger partial charge in [0, 0.05) is 0 Å². The molecule has 0 saturated carbocycles. The predicted molar refractivity (Wildman–Crippen MR) is 34.4 cm³/mol. The molecular formula is C7H12F3. The first-order valence-corrected chi connectivity index (χ1v) is 3.16. The zero-order valence-electron chi connectivity index (χ0n) is 6.42. The highest BCUT2D eigenvalue weighted by Gasteiger charge is 2.46. The summed E-state index contributed by atoms with van der Waals surface area (Å²) in [6, 6.07) is 0. The molecule has 0 fully saturated rings. The van der Waals surface area contributed by atoms with E-state index in [4.69, 9.17) is 0 Å². The Hall–Kier alpha value is -0.210. The molecule has 3 heteroatoms. The van der Waals surface area contributed by atoms with Crippen LogP contribution in [0.3, 0.4) is 0 Å². The molecule has 0 atom stereocenters. The maximum absolute atomic E-state index is 12.0. The molecule has 0 amide bonds. The highest BCUT2D eigenvalue weighted by molar-refractivity contribution is 4.81. The summed E-state index contributed by atoms with van der Waals surface area (Å²) < 4.78 is 36.0. The molecule has 0 bridgehead atoms. The summed E-state index contributed by atoms with van der Waals surface area (Å²) >= 11 is 0. The average Bonchev–Trinajstić information content (AvgIpc) is 1.61. The quantitative estimate of drug-likeness (QED) is 0.571. The molecule has 0 rings (SSSR count). The highest BCUT2D eigenvalue weighted by atomic mass is 19.4. The molecule has 0 nitrogen and oxygen atoms in total. The van der Waals surface area contributed by atoms with Crippen molar-refractivity contribution in [3.63, 3.8) is 0 Å². The summed E-state index contributed by atoms with van der Waals surface area (Å²) in [5.41, 5.74) is -1.57. The number of halogens is 3. The van der Waals surface area contributed by atoms with E-state index in [9.17, 15) is 13.2 Å². The van der Waals surface area contributed by atoms with Crippen molar-refractivity contribution < 1.29 is 13.2 Å². The number of hydrogen-bond donors (Lipinski definition) is 0. The Morgan fingerprint density at radius 2 is 1.60 bits per heavy atom. The lowest BCUT2D eigenvalue weighted by atomic mass is 9.87. The molecule has 0 aromatic heterocycles. The monoisotopic (exact) mass is 153 g/mol. The molecule has 0 spiro atoms. The van der Waals surface area contributed by atoms with Crippen LogP contribution in [0.4, 0.5) is 13.2 Å². The van der Waals surface area contributed by atoms with Gasteiger partial charge < -0.3 is 0 Å². The summed E-state index contributed by atoms with van der Waals surface area (Å²) in [5, 5.41) is 0. The van der Waals surface area contributed by atoms with Gasteiger partial charge in [0.2, 0.25) is 0 Å². The number of alkyl halides is 3. The Morgan fingerprint density at radius 3 is 1.70 bits per heavy atom. The van der Waals surface area contributed by atoms with Gasteiger partial charge in [-0.05, 0) is 12.8 Å². The van der Waals surface area contributed by atoms with E-state index < -0.39 is 11.6 Å². The summed E-state index contributed by atoms with van der Waals surface area (Å²) in [4.78, 5) is 0. The van der Waals surface area contributed by atoms with Crippen LogP contribution >= 0.6 is 0 Å². The average molecular weight is 153 g/mol. The standard InChI is InChI=1S/C7H12F3/c1-4-5-6(2,3)7(8,9)10/h4H,5H2,1-3H3. The van der Waals surface area contributed by atoms with Crippen LogP contribution in [0.5, 0.6) is 0 Å². The van der Waals surface area contributed by atoms with Gasteiger partial charge in [-0.2, -0.15) is 13.2 Å². The molecule has 10 heavy (non-hydrogen) atoms. The first kappa shape index (κ1) is 9.79. The Labute approximate surface area is 59.4 Å². The maximum atomic E-state index is 12.0. The SMILES string of the molecule is C[CH]CC(C)(C)C(F)(F)F. The first-order valence-electron chi connectivity index (χ1n) is 3.16. The third-order valence-corrected chi connectivity index (χ3v) is 1.48. The fraction of sp³-hybridized carbons (Fsp3) is 0.857. The molecule has 0 aromatic rings. The van der Waals surface area contributed by atoms with Crippen molar-refractivity contribution in [2.75, 3.05) is 0 Å². The normalized spacial score (nSPS) is 13.8. The van der Waals surface area contributed by atoms with Gasteiger partial charge >= 0.3 is 6.18 Å². The van der Waals surface area contributed by atoms with Crippen molar-refractivity contribution in [2.24, 2.45) is 5.41 Å². The Morgan fingerprint density at radius 1 is 1.20 bits per heavy atom. The van der Waals surface area contributed by atoms with Crippen LogP contribution in [0.15, 0.2) is 0 Å². The lowest BCUT2D eigenvalue weighted by Crippen LogP contribution is -2.31. The van der Waals surface area contributed by atoms with Crippen LogP contribution < -0.4 is 0 Å². The zero-order valence-corrected chi connectivity index (χ0v) is 6.42. The summed E-state index contributed by atoms with van der Waals surface area (Å²) in [6.45, 7) is 4.04. The lowest BCUT2D eigenvalue weighted by Gasteiger charge is -2.26. The predicted octanol–water partition coefficient (Wildman–Crippen LogP) is 3.19. The van der Waals surface area contributed by atoms with Crippen molar-refractivity contribution in [3.8, 4) is 0 Å². The summed E-state index contributed by atoms with van der Waals surface area (Å²) in [6.07, 6.45) is -2.47. The molecule has 1 radical (unpaired) electrons. The van der Waals surface area contributed by atoms with Crippen molar-refractivity contribution in [2.45, 2.75) is 33.4 Å². The Balaban J connectivity index is 4.10. The van der Waals surface area contributed by atoms with E-state index in [1.54, 1.807) is 6.92 Å². The molecule has 0 heterocycles. The molecular weight excluding hydrogens is 141 g/mol. The van der Waals surface area contributed by atoms with Crippen LogP contribution in [0.1, 0.15) is 27.2 Å². The zero-order chi connectivity index (χ0) is 8.41. The molecule has 0 saturated heterocycles. The van der Waals surface area contributed by atoms with Gasteiger partial charge in [0.15, 0.2) is 0 Å². The van der Waals surface area contributed by atoms with Gasteiger partial charge in [0.05, 0.1) is 5.41 Å². The summed E-state index contributed by atoms with van der Waals surface area (Å²) in [7, 11) is 0. The highest BCUT2D eigenvalue weighted by Crippen LogP contribution is 2.40. The fourth-order valence-electron chi connectivity index (χ4n) is 0.626. The van der Waals surface area contributed by atoms with Crippen molar-refractivity contribution in [3.05, 3.63) is 6.42 Å². The largest absolute Gasteiger partial charge is 0.393 e. The molecule has 0 unspecified atom stereocenters. The van der Waals surface area contributed by atoms with E-state index >= 15 is 0 Å². The minimum Gasteiger partial charge on any atom is -0.171 e. The van der Waals surface area contributed by atoms with Gasteiger partial charge in [-0.1, -0.05) is 20.8 Å². The number of hydrogen-bond acceptors (Lipinski definition) is 0. The van der Waals surface area contributed by atoms with Crippen LogP contribution in [0.25, 0.3) is 0 Å². The summed E-state index contributed by atoms with van der Waals surface area (Å²) in [5.74, 6) is 0. The second-order valence-corrected chi connectivity index (χ2v) is 2.99. The van der Waals surface area contributed by atoms with Gasteiger partial charge in [-0.15, -0.1) is 0 Å². The van der Waals surface area contributed by atoms with Crippen LogP contribution in [0, 0.1) is 11.8 Å². The molecule has 0 aliphatic heterocycles. The van der Waals surface area contributed by atoms with Gasteiger partial charge in [0.25, 0.3) is 0 Å². The van der Waals surface area contributed by atoms with Crippen LogP contribution in [-0.4, -0.2) is 6.18 Å². The molecule has 61 valence electrons. The van der Waals surface area contributed by atoms with Crippen LogP contribution in [0.2, 0.25) is 0 Å². The Kier molecular flexibility index (Phi) is 2.75. The molecule has 0 aliphatic carbocycles. The first-order chi connectivity index (χ1) is 4.31. The lowest BCUT2D eigenvalue weighted by molar-refractivity contribution is -0.211. The smallest absolute Gasteiger partial charge is 0.171 e. The minimum atomic E-state index is -4.08. The van der Waals surface area contributed by atoms with Crippen LogP contribution in [-0.2, 0) is 0 Å². The third kappa shape index (κ3) is 2.20. The van der Waals surface area contributed by atoms with E-state index in [-0.39, 0.29) is 6.42 Å². The van der Waals surface area contributed by atoms with Crippen molar-refractivity contribution in [1.82, 2.24) is 0 Å². The van der Waals surface area contributed by atoms with E-state index in [0.29, 0.717) is 0 Å². The van der Waals surface area contributed by atoms with Crippen molar-refractivity contribution in [1.29, 1.82) is 0 Å². The van der Waals surface area contributed by atoms with E-state index in [2.05, 4.69) is 0 Å². The Bertz CT molecular complexity index is 102. The van der Waals surface area contributed by atoms with E-state index in [0.717, 1.165) is 0 Å². The van der Waals surface area contributed by atoms with E-state index in [1.165, 1.54) is 20.3 Å². The van der Waals surface area contributed by atoms with Gasteiger partial charge in [-0.3, -0.25) is 0 Å². The fourth-order valence-corrected chi connectivity index (χ4v) is 0.626. The second kappa shape index (κ2) is 2.81. The maximum Gasteiger partial charge on any atom is 0.393 e.